The molecule has 274 valence electrons. The number of nitrogens with one attached hydrogen (secondary N) is 4. The first-order chi connectivity index (χ1) is 24.7. The van der Waals surface area contributed by atoms with Crippen LogP contribution in [-0.4, -0.2) is 80.5 Å². The number of ether oxygens (including phenoxy) is 2. The van der Waals surface area contributed by atoms with Crippen molar-refractivity contribution in [2.24, 2.45) is 7.05 Å². The van der Waals surface area contributed by atoms with E-state index in [2.05, 4.69) is 41.2 Å². The number of carbonyl (C=O) groups is 4. The molecule has 0 saturated heterocycles. The number of hydrogen-bond acceptors (Lipinski definition) is 12. The van der Waals surface area contributed by atoms with Gasteiger partial charge in [-0.05, 0) is 61.2 Å². The van der Waals surface area contributed by atoms with Crippen LogP contribution in [0.4, 0.5) is 30.8 Å². The number of carbonyl (C=O) groups excluding carboxylic acids is 4. The number of esters is 1. The highest BCUT2D eigenvalue weighted by Crippen LogP contribution is 2.48. The van der Waals surface area contributed by atoms with Gasteiger partial charge in [0.2, 0.25) is 17.7 Å². The molecule has 1 fully saturated rings. The Labute approximate surface area is 299 Å². The fraction of sp³-hybridized carbons (Fsp3) is 0.333. The second-order valence-corrected chi connectivity index (χ2v) is 12.2. The van der Waals surface area contributed by atoms with Gasteiger partial charge in [0.15, 0.2) is 6.61 Å². The predicted molar refractivity (Wildman–Crippen MR) is 180 cm³/mol. The standard InChI is InChI=1S/C33H33ClF3N9O6/c1-46-18-38-16-23(46)15-25(47)27(49)39-14-11-24(28(50)51-2)41-26(48)19-3-9-22(10-4-19)40-29-42-30(44-31(43-29)52-17-33(35,36)37)45-32(12-13-32)20-5-7-21(34)8-6-20/h3-10,16,18,24H,11-15,17H2,1-2H3,(H,39,49)(H,41,48)(H2,40,42,43,44,45)/t24-/m0/s1. The lowest BCUT2D eigenvalue weighted by atomic mass is 10.1. The number of anilines is 3. The van der Waals surface area contributed by atoms with Gasteiger partial charge in [-0.3, -0.25) is 14.4 Å². The van der Waals surface area contributed by atoms with E-state index in [4.69, 9.17) is 21.1 Å². The Hall–Kier alpha value is -5.78. The summed E-state index contributed by atoms with van der Waals surface area (Å²) in [5.41, 5.74) is 1.39. The molecule has 0 radical (unpaired) electrons. The zero-order chi connectivity index (χ0) is 37.5. The number of amides is 2. The van der Waals surface area contributed by atoms with Crippen molar-refractivity contribution in [3.63, 3.8) is 0 Å². The van der Waals surface area contributed by atoms with E-state index < -0.39 is 53.9 Å². The number of methoxy groups -OCH3 is 1. The second-order valence-electron chi connectivity index (χ2n) is 11.8. The summed E-state index contributed by atoms with van der Waals surface area (Å²) in [6.07, 6.45) is -0.470. The normalized spacial score (nSPS) is 13.7. The van der Waals surface area contributed by atoms with E-state index in [0.29, 0.717) is 29.2 Å². The summed E-state index contributed by atoms with van der Waals surface area (Å²) in [6.45, 7) is -1.73. The summed E-state index contributed by atoms with van der Waals surface area (Å²) in [5.74, 6) is -3.13. The van der Waals surface area contributed by atoms with Gasteiger partial charge in [0.05, 0.1) is 25.4 Å². The largest absolute Gasteiger partial charge is 0.467 e. The van der Waals surface area contributed by atoms with Crippen LogP contribution in [0.2, 0.25) is 5.02 Å². The number of alkyl halides is 3. The van der Waals surface area contributed by atoms with Crippen molar-refractivity contribution in [2.45, 2.75) is 43.4 Å². The van der Waals surface area contributed by atoms with E-state index in [1.54, 1.807) is 23.7 Å². The maximum atomic E-state index is 13.0. The minimum Gasteiger partial charge on any atom is -0.467 e. The molecule has 1 atom stereocenters. The van der Waals surface area contributed by atoms with Gasteiger partial charge in [-0.1, -0.05) is 23.7 Å². The maximum Gasteiger partial charge on any atom is 0.422 e. The number of rotatable bonds is 16. The first kappa shape index (κ1) is 37.5. The Morgan fingerprint density at radius 1 is 1.00 bits per heavy atom. The van der Waals surface area contributed by atoms with Crippen LogP contribution in [0.5, 0.6) is 6.01 Å². The van der Waals surface area contributed by atoms with Crippen LogP contribution in [0.3, 0.4) is 0 Å². The molecule has 19 heteroatoms. The number of benzene rings is 2. The van der Waals surface area contributed by atoms with Crippen molar-refractivity contribution in [1.82, 2.24) is 35.1 Å². The quantitative estimate of drug-likeness (QED) is 0.0965. The van der Waals surface area contributed by atoms with Gasteiger partial charge in [-0.15, -0.1) is 0 Å². The SMILES string of the molecule is COC(=O)[C@H](CCNC(=O)C(=O)Cc1cncn1C)NC(=O)c1ccc(Nc2nc(NC3(c4ccc(Cl)cc4)CC3)nc(OCC(F)(F)F)n2)cc1. The molecule has 0 unspecified atom stereocenters. The lowest BCUT2D eigenvalue weighted by Crippen LogP contribution is -2.44. The third-order valence-corrected chi connectivity index (χ3v) is 8.15. The minimum atomic E-state index is -4.63. The van der Waals surface area contributed by atoms with Gasteiger partial charge in [0.1, 0.15) is 6.04 Å². The van der Waals surface area contributed by atoms with Crippen molar-refractivity contribution in [3.05, 3.63) is 82.9 Å². The Balaban J connectivity index is 1.22. The molecule has 1 saturated carbocycles. The summed E-state index contributed by atoms with van der Waals surface area (Å²) < 4.78 is 50.0. The maximum absolute atomic E-state index is 13.0. The Morgan fingerprint density at radius 2 is 1.69 bits per heavy atom. The van der Waals surface area contributed by atoms with Crippen molar-refractivity contribution in [3.8, 4) is 6.01 Å². The number of aryl methyl sites for hydroxylation is 1. The average Bonchev–Trinajstić information content (AvgIpc) is 3.78. The first-order valence-corrected chi connectivity index (χ1v) is 16.1. The molecule has 4 N–H and O–H groups in total. The fourth-order valence-electron chi connectivity index (χ4n) is 4.97. The van der Waals surface area contributed by atoms with Crippen molar-refractivity contribution >= 4 is 52.8 Å². The van der Waals surface area contributed by atoms with Crippen LogP contribution >= 0.6 is 11.6 Å². The molecule has 15 nitrogen and oxygen atoms in total. The smallest absolute Gasteiger partial charge is 0.422 e. The molecule has 2 amide bonds. The lowest BCUT2D eigenvalue weighted by Gasteiger charge is -2.19. The molecule has 2 aromatic heterocycles. The topological polar surface area (TPSA) is 191 Å². The summed E-state index contributed by atoms with van der Waals surface area (Å²) in [4.78, 5) is 66.2. The molecule has 1 aliphatic carbocycles. The number of aromatic nitrogens is 5. The number of Topliss-reactive ketones (excluding diaryl/α,β-unsaturated/α-hetero) is 1. The van der Waals surface area contributed by atoms with Crippen LogP contribution in [0.1, 0.15) is 40.9 Å². The van der Waals surface area contributed by atoms with Crippen LogP contribution in [-0.2, 0) is 38.1 Å². The van der Waals surface area contributed by atoms with Crippen LogP contribution in [0, 0.1) is 0 Å². The van der Waals surface area contributed by atoms with Gasteiger partial charge in [-0.25, -0.2) is 9.78 Å². The third-order valence-electron chi connectivity index (χ3n) is 7.90. The van der Waals surface area contributed by atoms with Gasteiger partial charge < -0.3 is 35.3 Å². The highest BCUT2D eigenvalue weighted by molar-refractivity contribution is 6.36. The van der Waals surface area contributed by atoms with Gasteiger partial charge in [-0.2, -0.15) is 28.1 Å². The molecule has 2 heterocycles. The van der Waals surface area contributed by atoms with Gasteiger partial charge >= 0.3 is 18.2 Å². The summed E-state index contributed by atoms with van der Waals surface area (Å²) in [5, 5.41) is 11.6. The van der Waals surface area contributed by atoms with Crippen molar-refractivity contribution in [2.75, 3.05) is 30.9 Å². The van der Waals surface area contributed by atoms with E-state index in [1.807, 2.05) is 12.1 Å². The Kier molecular flexibility index (Phi) is 11.6. The number of nitrogens with zero attached hydrogens (tertiary/aromatic N) is 5. The fourth-order valence-corrected chi connectivity index (χ4v) is 5.09. The molecule has 52 heavy (non-hydrogen) atoms. The number of hydrogen-bond donors (Lipinski definition) is 4. The predicted octanol–water partition coefficient (Wildman–Crippen LogP) is 3.63. The van der Waals surface area contributed by atoms with Crippen molar-refractivity contribution < 1.29 is 41.8 Å². The van der Waals surface area contributed by atoms with Crippen LogP contribution in [0.25, 0.3) is 0 Å². The third kappa shape index (κ3) is 10.1. The Bertz CT molecular complexity index is 1920. The number of halogens is 4. The van der Waals surface area contributed by atoms with E-state index in [0.717, 1.165) is 12.7 Å². The molecule has 0 spiro atoms. The van der Waals surface area contributed by atoms with E-state index >= 15 is 0 Å². The monoisotopic (exact) mass is 743 g/mol. The second kappa shape index (κ2) is 16.1. The minimum absolute atomic E-state index is 0.0269. The van der Waals surface area contributed by atoms with Crippen LogP contribution in [0.15, 0.2) is 61.1 Å². The summed E-state index contributed by atoms with van der Waals surface area (Å²) in [7, 11) is 2.83. The zero-order valence-electron chi connectivity index (χ0n) is 27.8. The Morgan fingerprint density at radius 3 is 2.31 bits per heavy atom. The van der Waals surface area contributed by atoms with E-state index in [-0.39, 0.29) is 36.8 Å². The molecular weight excluding hydrogens is 711 g/mol. The summed E-state index contributed by atoms with van der Waals surface area (Å²) in [6, 6.07) is 11.2. The highest BCUT2D eigenvalue weighted by Gasteiger charge is 2.45. The highest BCUT2D eigenvalue weighted by atomic mass is 35.5. The number of ketones is 1. The lowest BCUT2D eigenvalue weighted by molar-refractivity contribution is -0.154. The average molecular weight is 744 g/mol. The molecule has 1 aliphatic rings. The molecule has 0 aliphatic heterocycles. The molecule has 0 bridgehead atoms. The molecule has 2 aromatic carbocycles. The van der Waals surface area contributed by atoms with Gasteiger partial charge in [0, 0.05) is 41.8 Å². The molecule has 5 rings (SSSR count). The first-order valence-electron chi connectivity index (χ1n) is 15.8. The van der Waals surface area contributed by atoms with E-state index in [9.17, 15) is 32.3 Å². The van der Waals surface area contributed by atoms with E-state index in [1.165, 1.54) is 36.8 Å². The number of imidazole rings is 1. The summed E-state index contributed by atoms with van der Waals surface area (Å²) >= 11 is 6.02. The van der Waals surface area contributed by atoms with Crippen molar-refractivity contribution in [1.29, 1.82) is 0 Å². The zero-order valence-corrected chi connectivity index (χ0v) is 28.5. The van der Waals surface area contributed by atoms with Crippen LogP contribution < -0.4 is 26.0 Å². The molecular formula is C33H33ClF3N9O6. The van der Waals surface area contributed by atoms with Gasteiger partial charge in [0.25, 0.3) is 11.8 Å². The molecule has 4 aromatic rings.